The van der Waals surface area contributed by atoms with E-state index in [0.717, 1.165) is 83.9 Å². The van der Waals surface area contributed by atoms with Crippen molar-refractivity contribution in [3.8, 4) is 50.2 Å². The van der Waals surface area contributed by atoms with Gasteiger partial charge >= 0.3 is 0 Å². The maximum absolute atomic E-state index is 4.37. The van der Waals surface area contributed by atoms with Crippen molar-refractivity contribution in [3.63, 3.8) is 0 Å². The molecular formula is C54H43N3. The van der Waals surface area contributed by atoms with E-state index in [1.54, 1.807) is 12.4 Å². The highest BCUT2D eigenvalue weighted by Gasteiger charge is 2.20. The van der Waals surface area contributed by atoms with Crippen LogP contribution < -0.4 is 0 Å². The molecule has 57 heavy (non-hydrogen) atoms. The third-order valence-electron chi connectivity index (χ3n) is 10.6. The van der Waals surface area contributed by atoms with E-state index in [0.29, 0.717) is 0 Å². The second-order valence-electron chi connectivity index (χ2n) is 14.1. The summed E-state index contributed by atoms with van der Waals surface area (Å²) < 4.78 is 2.41. The molecule has 3 heterocycles. The van der Waals surface area contributed by atoms with Crippen LogP contribution in [0.1, 0.15) is 33.6 Å². The Kier molecular flexibility index (Phi) is 10.6. The highest BCUT2D eigenvalue weighted by atomic mass is 15.0. The lowest BCUT2D eigenvalue weighted by molar-refractivity contribution is 1.04. The van der Waals surface area contributed by atoms with Crippen molar-refractivity contribution in [1.82, 2.24) is 14.5 Å². The highest BCUT2D eigenvalue weighted by molar-refractivity contribution is 5.93. The summed E-state index contributed by atoms with van der Waals surface area (Å²) in [5, 5.41) is 0. The minimum absolute atomic E-state index is 1.02. The van der Waals surface area contributed by atoms with Crippen LogP contribution in [0.4, 0.5) is 0 Å². The summed E-state index contributed by atoms with van der Waals surface area (Å²) in [6.45, 7) is 13.1. The predicted octanol–water partition coefficient (Wildman–Crippen LogP) is 14.0. The van der Waals surface area contributed by atoms with Crippen LogP contribution >= 0.6 is 0 Å². The fraction of sp³-hybridized carbons (Fsp3) is 0.0370. The van der Waals surface area contributed by atoms with Gasteiger partial charge in [-0.3, -0.25) is 9.97 Å². The van der Waals surface area contributed by atoms with E-state index in [1.807, 2.05) is 36.7 Å². The maximum Gasteiger partial charge on any atom is 0.0500 e. The minimum Gasteiger partial charge on any atom is -0.310 e. The molecule has 0 atom stereocenters. The van der Waals surface area contributed by atoms with E-state index in [1.165, 1.54) is 11.1 Å². The van der Waals surface area contributed by atoms with Crippen molar-refractivity contribution in [2.45, 2.75) is 13.8 Å². The van der Waals surface area contributed by atoms with Crippen LogP contribution in [0.3, 0.4) is 0 Å². The van der Waals surface area contributed by atoms with Gasteiger partial charge in [-0.1, -0.05) is 135 Å². The van der Waals surface area contributed by atoms with Gasteiger partial charge in [0.25, 0.3) is 0 Å². The molecule has 0 N–H and O–H groups in total. The summed E-state index contributed by atoms with van der Waals surface area (Å²) in [6, 6.07) is 53.5. The molecule has 0 spiro atoms. The first kappa shape index (κ1) is 36.6. The Morgan fingerprint density at radius 1 is 0.439 bits per heavy atom. The Morgan fingerprint density at radius 3 is 1.26 bits per heavy atom. The highest BCUT2D eigenvalue weighted by Crippen LogP contribution is 2.37. The largest absolute Gasteiger partial charge is 0.310 e. The van der Waals surface area contributed by atoms with Crippen molar-refractivity contribution in [2.24, 2.45) is 0 Å². The zero-order chi connectivity index (χ0) is 39.1. The van der Waals surface area contributed by atoms with Crippen LogP contribution in [0.25, 0.3) is 73.5 Å². The summed E-state index contributed by atoms with van der Waals surface area (Å²) >= 11 is 0. The zero-order valence-corrected chi connectivity index (χ0v) is 32.3. The molecule has 5 aromatic carbocycles. The quantitative estimate of drug-likeness (QED) is 0.124. The molecule has 0 bridgehead atoms. The van der Waals surface area contributed by atoms with Gasteiger partial charge in [-0.15, -0.1) is 0 Å². The molecule has 8 aromatic rings. The molecule has 0 aliphatic heterocycles. The number of nitrogens with zero attached hydrogens (tertiary/aromatic N) is 3. The molecule has 0 saturated carbocycles. The lowest BCUT2D eigenvalue weighted by atomic mass is 9.97. The van der Waals surface area contributed by atoms with Crippen LogP contribution in [0, 0.1) is 13.8 Å². The number of pyridine rings is 2. The third-order valence-corrected chi connectivity index (χ3v) is 10.6. The number of allylic oxidation sites excluding steroid dienone is 4. The Bertz CT molecular complexity index is 2570. The molecule has 274 valence electrons. The van der Waals surface area contributed by atoms with Crippen LogP contribution in [0.15, 0.2) is 202 Å². The van der Waals surface area contributed by atoms with E-state index >= 15 is 0 Å². The van der Waals surface area contributed by atoms with Crippen LogP contribution in [0.5, 0.6) is 0 Å². The molecule has 0 radical (unpaired) electrons. The molecule has 3 nitrogen and oxygen atoms in total. The first-order chi connectivity index (χ1) is 28.0. The second-order valence-corrected chi connectivity index (χ2v) is 14.1. The summed E-state index contributed by atoms with van der Waals surface area (Å²) in [5.41, 5.74) is 18.7. The number of rotatable bonds is 11. The van der Waals surface area contributed by atoms with Gasteiger partial charge in [-0.25, -0.2) is 0 Å². The average molecular weight is 734 g/mol. The Labute approximate surface area is 336 Å². The van der Waals surface area contributed by atoms with E-state index < -0.39 is 0 Å². The fourth-order valence-corrected chi connectivity index (χ4v) is 7.45. The van der Waals surface area contributed by atoms with E-state index in [-0.39, 0.29) is 0 Å². The van der Waals surface area contributed by atoms with Crippen LogP contribution in [-0.2, 0) is 0 Å². The second kappa shape index (κ2) is 16.6. The summed E-state index contributed by atoms with van der Waals surface area (Å²) in [7, 11) is 0. The van der Waals surface area contributed by atoms with Gasteiger partial charge in [0, 0.05) is 41.6 Å². The van der Waals surface area contributed by atoms with Gasteiger partial charge in [-0.2, -0.15) is 0 Å². The van der Waals surface area contributed by atoms with Gasteiger partial charge in [0.2, 0.25) is 0 Å². The fourth-order valence-electron chi connectivity index (χ4n) is 7.45. The molecule has 0 saturated heterocycles. The van der Waals surface area contributed by atoms with Crippen molar-refractivity contribution in [2.75, 3.05) is 0 Å². The molecule has 3 heteroatoms. The van der Waals surface area contributed by atoms with Crippen molar-refractivity contribution >= 4 is 23.3 Å². The van der Waals surface area contributed by atoms with Crippen molar-refractivity contribution < 1.29 is 0 Å². The van der Waals surface area contributed by atoms with Crippen molar-refractivity contribution in [1.29, 1.82) is 0 Å². The summed E-state index contributed by atoms with van der Waals surface area (Å²) in [4.78, 5) is 8.74. The SMILES string of the molecule is C=C/C(=C\c1c(C)c(C)c(/C=C(\C=C)c2cccc(-c3cccnc3)c2)n1-c1cc(-c2ccccc2)cc(-c2ccccc2)c1)c1cccc(-c2cccnc2)c1. The Hall–Kier alpha value is -7.36. The molecular weight excluding hydrogens is 691 g/mol. The molecule has 0 amide bonds. The maximum atomic E-state index is 4.37. The van der Waals surface area contributed by atoms with E-state index in [9.17, 15) is 0 Å². The van der Waals surface area contributed by atoms with Gasteiger partial charge < -0.3 is 4.57 Å². The molecule has 8 rings (SSSR count). The predicted molar refractivity (Wildman–Crippen MR) is 242 cm³/mol. The summed E-state index contributed by atoms with van der Waals surface area (Å²) in [5.74, 6) is 0. The van der Waals surface area contributed by atoms with Crippen molar-refractivity contribution in [3.05, 3.63) is 235 Å². The van der Waals surface area contributed by atoms with Gasteiger partial charge in [0.05, 0.1) is 11.4 Å². The average Bonchev–Trinajstić information content (AvgIpc) is 3.52. The smallest absolute Gasteiger partial charge is 0.0500 e. The Balaban J connectivity index is 1.38. The third kappa shape index (κ3) is 7.78. The zero-order valence-electron chi connectivity index (χ0n) is 32.3. The Morgan fingerprint density at radius 2 is 0.860 bits per heavy atom. The first-order valence-electron chi connectivity index (χ1n) is 19.2. The van der Waals surface area contributed by atoms with Crippen LogP contribution in [0.2, 0.25) is 0 Å². The minimum atomic E-state index is 1.02. The number of hydrogen-bond acceptors (Lipinski definition) is 2. The van der Waals surface area contributed by atoms with E-state index in [2.05, 4.69) is 193 Å². The van der Waals surface area contributed by atoms with Gasteiger partial charge in [0.15, 0.2) is 0 Å². The monoisotopic (exact) mass is 733 g/mol. The lowest BCUT2D eigenvalue weighted by Gasteiger charge is -2.17. The van der Waals surface area contributed by atoms with Gasteiger partial charge in [-0.05, 0) is 135 Å². The number of hydrogen-bond donors (Lipinski definition) is 0. The van der Waals surface area contributed by atoms with Gasteiger partial charge in [0.1, 0.15) is 0 Å². The number of benzene rings is 5. The summed E-state index contributed by atoms with van der Waals surface area (Å²) in [6.07, 6.45) is 15.9. The number of aromatic nitrogens is 3. The molecule has 0 aliphatic rings. The van der Waals surface area contributed by atoms with E-state index in [4.69, 9.17) is 0 Å². The molecule has 0 fully saturated rings. The first-order valence-corrected chi connectivity index (χ1v) is 19.2. The topological polar surface area (TPSA) is 30.7 Å². The molecule has 0 aliphatic carbocycles. The standard InChI is InChI=1S/C54H43N3/c1-5-40(44-21-13-23-46(29-44)48-25-15-27-55-36-48)34-53-38(3)39(4)54(35-41(6-2)45-22-14-24-47(30-45)49-26-16-28-56-37-49)57(53)52-32-50(42-17-9-7-10-18-42)31-51(33-52)43-19-11-8-12-20-43/h5-37H,1-2H2,3-4H3/b40-34+,41-35+. The van der Waals surface area contributed by atoms with Crippen LogP contribution in [-0.4, -0.2) is 14.5 Å². The molecule has 0 unspecified atom stereocenters. The normalized spacial score (nSPS) is 11.7. The molecule has 3 aromatic heterocycles. The lowest BCUT2D eigenvalue weighted by Crippen LogP contribution is -2.02.